The van der Waals surface area contributed by atoms with Crippen molar-refractivity contribution < 1.29 is 13.6 Å². The van der Waals surface area contributed by atoms with Crippen LogP contribution in [-0.4, -0.2) is 36.2 Å². The number of halogens is 1. The molecule has 6 nitrogen and oxygen atoms in total. The van der Waals surface area contributed by atoms with Gasteiger partial charge in [0.25, 0.3) is 13.9 Å². The molecular weight excluding hydrogens is 487 g/mol. The fourth-order valence-corrected chi connectivity index (χ4v) is 10.7. The molecule has 37 heavy (non-hydrogen) atoms. The molecule has 1 aliphatic carbocycles. The van der Waals surface area contributed by atoms with Gasteiger partial charge in [-0.2, -0.15) is 0 Å². The number of benzene rings is 2. The van der Waals surface area contributed by atoms with Gasteiger partial charge in [-0.15, -0.1) is 0 Å². The van der Waals surface area contributed by atoms with Crippen LogP contribution >= 0.6 is 0 Å². The molecule has 0 radical (unpaired) electrons. The highest BCUT2D eigenvalue weighted by atomic mass is 28.4. The fourth-order valence-electron chi connectivity index (χ4n) is 6.06. The summed E-state index contributed by atoms with van der Waals surface area (Å²) >= 11 is 0. The van der Waals surface area contributed by atoms with Crippen LogP contribution in [0.3, 0.4) is 0 Å². The predicted molar refractivity (Wildman–Crippen MR) is 145 cm³/mol. The van der Waals surface area contributed by atoms with Gasteiger partial charge < -0.3 is 9.16 Å². The third-order valence-corrected chi connectivity index (χ3v) is 13.2. The second-order valence-corrected chi connectivity index (χ2v) is 15.7. The van der Waals surface area contributed by atoms with Gasteiger partial charge in [0.1, 0.15) is 5.60 Å². The Bertz CT molecular complexity index is 1310. The molecule has 2 heterocycles. The van der Waals surface area contributed by atoms with Crippen molar-refractivity contribution in [2.45, 2.75) is 63.6 Å². The van der Waals surface area contributed by atoms with Crippen LogP contribution in [0.4, 0.5) is 4.39 Å². The molecule has 0 bridgehead atoms. The molecule has 0 amide bonds. The van der Waals surface area contributed by atoms with Crippen molar-refractivity contribution >= 4 is 18.7 Å². The minimum atomic E-state index is -2.87. The Morgan fingerprint density at radius 3 is 2.08 bits per heavy atom. The van der Waals surface area contributed by atoms with Crippen molar-refractivity contribution in [2.75, 3.05) is 6.61 Å². The van der Waals surface area contributed by atoms with Crippen molar-refractivity contribution in [3.63, 3.8) is 0 Å². The highest BCUT2D eigenvalue weighted by Gasteiger charge is 2.62. The molecule has 0 spiro atoms. The molecule has 0 unspecified atom stereocenters. The van der Waals surface area contributed by atoms with Crippen LogP contribution in [0.15, 0.2) is 82.5 Å². The topological polar surface area (TPSA) is 73.3 Å². The average Bonchev–Trinajstić information content (AvgIpc) is 3.69. The summed E-state index contributed by atoms with van der Waals surface area (Å²) in [5.74, 6) is -0.357. The minimum Gasteiger partial charge on any atom is -0.404 e. The maximum absolute atomic E-state index is 15.9. The van der Waals surface area contributed by atoms with E-state index in [9.17, 15) is 9.59 Å². The van der Waals surface area contributed by atoms with E-state index in [1.54, 1.807) is 0 Å². The first kappa shape index (κ1) is 25.8. The first-order valence-electron chi connectivity index (χ1n) is 13.0. The van der Waals surface area contributed by atoms with Crippen LogP contribution in [0.1, 0.15) is 46.8 Å². The van der Waals surface area contributed by atoms with Crippen LogP contribution in [0, 0.1) is 11.8 Å². The third-order valence-electron chi connectivity index (χ3n) is 8.19. The Kier molecular flexibility index (Phi) is 6.62. The molecule has 1 N–H and O–H groups in total. The summed E-state index contributed by atoms with van der Waals surface area (Å²) in [4.78, 5) is 26.4. The number of alkyl halides is 1. The zero-order valence-electron chi connectivity index (χ0n) is 21.8. The molecule has 1 saturated heterocycles. The van der Waals surface area contributed by atoms with E-state index in [1.165, 1.54) is 12.3 Å². The van der Waals surface area contributed by atoms with Crippen molar-refractivity contribution in [1.29, 1.82) is 0 Å². The zero-order valence-corrected chi connectivity index (χ0v) is 22.8. The summed E-state index contributed by atoms with van der Waals surface area (Å²) in [5, 5.41) is 2.07. The lowest BCUT2D eigenvalue weighted by Gasteiger charge is -2.45. The van der Waals surface area contributed by atoms with Gasteiger partial charge >= 0.3 is 5.69 Å². The van der Waals surface area contributed by atoms with Gasteiger partial charge in [-0.1, -0.05) is 88.4 Å². The van der Waals surface area contributed by atoms with Crippen molar-refractivity contribution in [3.8, 4) is 0 Å². The number of nitrogens with one attached hydrogen (secondary N) is 1. The summed E-state index contributed by atoms with van der Waals surface area (Å²) in [5.41, 5.74) is -2.08. The largest absolute Gasteiger partial charge is 0.404 e. The molecule has 2 aliphatic rings. The molecule has 1 aliphatic heterocycles. The standard InChI is InChI=1S/C29H35FN2O4Si/c1-20-25(30)26(32-18-17-24(33)31-27(32)34)36-29(20,21-15-16-21)19-35-37(28(2,3)4,22-11-7-5-8-12-22)23-13-9-6-10-14-23/h5-14,17-18,20-21,25-26H,15-16,19H2,1-4H3,(H,31,33,34)/t20-,25+,26+,29+/m0/s1. The number of H-pyrrole nitrogens is 1. The summed E-state index contributed by atoms with van der Waals surface area (Å²) in [6, 6.07) is 21.9. The SMILES string of the molecule is C[C@H]1[C@@H](F)[C@H](n2ccc(=O)[nH]c2=O)O[C@@]1(CO[Si](c1ccccc1)(c1ccccc1)C(C)(C)C)C1CC1. The van der Waals surface area contributed by atoms with E-state index in [2.05, 4.69) is 50.0 Å². The summed E-state index contributed by atoms with van der Waals surface area (Å²) in [6.07, 6.45) is 0.620. The van der Waals surface area contributed by atoms with E-state index in [-0.39, 0.29) is 17.6 Å². The number of rotatable bonds is 7. The minimum absolute atomic E-state index is 0.141. The molecular formula is C29H35FN2O4Si. The second-order valence-electron chi connectivity index (χ2n) is 11.4. The van der Waals surface area contributed by atoms with Gasteiger partial charge in [0.2, 0.25) is 0 Å². The normalized spacial score (nSPS) is 26.4. The lowest BCUT2D eigenvalue weighted by Crippen LogP contribution is -2.68. The van der Waals surface area contributed by atoms with E-state index in [4.69, 9.17) is 9.16 Å². The fraction of sp³-hybridized carbons (Fsp3) is 0.448. The highest BCUT2D eigenvalue weighted by Crippen LogP contribution is 2.55. The van der Waals surface area contributed by atoms with Gasteiger partial charge in [0.15, 0.2) is 12.4 Å². The van der Waals surface area contributed by atoms with E-state index < -0.39 is 43.5 Å². The molecule has 8 heteroatoms. The van der Waals surface area contributed by atoms with Gasteiger partial charge in [0, 0.05) is 18.2 Å². The van der Waals surface area contributed by atoms with E-state index in [0.717, 1.165) is 27.8 Å². The van der Waals surface area contributed by atoms with Crippen LogP contribution in [0.25, 0.3) is 0 Å². The Morgan fingerprint density at radius 2 is 1.59 bits per heavy atom. The van der Waals surface area contributed by atoms with Crippen LogP contribution in [0.2, 0.25) is 5.04 Å². The maximum atomic E-state index is 15.9. The number of hydrogen-bond acceptors (Lipinski definition) is 4. The average molecular weight is 523 g/mol. The molecule has 2 aromatic carbocycles. The summed E-state index contributed by atoms with van der Waals surface area (Å²) < 4.78 is 30.8. The van der Waals surface area contributed by atoms with Crippen LogP contribution < -0.4 is 21.6 Å². The predicted octanol–water partition coefficient (Wildman–Crippen LogP) is 3.77. The number of nitrogens with zero attached hydrogens (tertiary/aromatic N) is 1. The molecule has 5 rings (SSSR count). The quantitative estimate of drug-likeness (QED) is 0.480. The first-order chi connectivity index (χ1) is 17.6. The number of ether oxygens (including phenoxy) is 1. The van der Waals surface area contributed by atoms with Gasteiger partial charge in [-0.3, -0.25) is 14.3 Å². The van der Waals surface area contributed by atoms with Gasteiger partial charge in [-0.05, 0) is 34.2 Å². The maximum Gasteiger partial charge on any atom is 0.330 e. The van der Waals surface area contributed by atoms with Crippen molar-refractivity contribution in [1.82, 2.24) is 9.55 Å². The van der Waals surface area contributed by atoms with Gasteiger partial charge in [0.05, 0.1) is 6.61 Å². The van der Waals surface area contributed by atoms with Crippen molar-refractivity contribution in [3.05, 3.63) is 93.8 Å². The summed E-state index contributed by atoms with van der Waals surface area (Å²) in [7, 11) is -2.87. The third kappa shape index (κ3) is 4.35. The van der Waals surface area contributed by atoms with E-state index >= 15 is 4.39 Å². The number of hydrogen-bond donors (Lipinski definition) is 1. The molecule has 196 valence electrons. The molecule has 1 saturated carbocycles. The highest BCUT2D eigenvalue weighted by molar-refractivity contribution is 6.99. The lowest BCUT2D eigenvalue weighted by molar-refractivity contribution is -0.123. The Balaban J connectivity index is 1.58. The Morgan fingerprint density at radius 1 is 1.03 bits per heavy atom. The molecule has 3 aromatic rings. The molecule has 4 atom stereocenters. The Hall–Kier alpha value is -2.81. The first-order valence-corrected chi connectivity index (χ1v) is 14.9. The van der Waals surface area contributed by atoms with Crippen LogP contribution in [0.5, 0.6) is 0 Å². The lowest BCUT2D eigenvalue weighted by atomic mass is 9.84. The smallest absolute Gasteiger partial charge is 0.330 e. The summed E-state index contributed by atoms with van der Waals surface area (Å²) in [6.45, 7) is 8.71. The number of aromatic nitrogens is 2. The second kappa shape index (κ2) is 9.49. The van der Waals surface area contributed by atoms with E-state index in [0.29, 0.717) is 0 Å². The molecule has 1 aromatic heterocycles. The van der Waals surface area contributed by atoms with Crippen LogP contribution in [-0.2, 0) is 9.16 Å². The molecule has 2 fully saturated rings. The zero-order chi connectivity index (χ0) is 26.4. The van der Waals surface area contributed by atoms with Gasteiger partial charge in [-0.25, -0.2) is 9.18 Å². The monoisotopic (exact) mass is 522 g/mol. The Labute approximate surface area is 217 Å². The van der Waals surface area contributed by atoms with Crippen molar-refractivity contribution in [2.24, 2.45) is 11.8 Å². The van der Waals surface area contributed by atoms with E-state index in [1.807, 2.05) is 43.3 Å². The number of aromatic amines is 1.